The first kappa shape index (κ1) is 17.1. The number of imidazole rings is 1. The fraction of sp³-hybridized carbons (Fsp3) is 0.333. The van der Waals surface area contributed by atoms with Crippen molar-refractivity contribution in [3.63, 3.8) is 0 Å². The second-order valence-electron chi connectivity index (χ2n) is 7.11. The molecule has 2 aliphatic rings. The Morgan fingerprint density at radius 3 is 2.86 bits per heavy atom. The minimum atomic E-state index is -3.62. The van der Waals surface area contributed by atoms with E-state index in [1.54, 1.807) is 24.8 Å². The van der Waals surface area contributed by atoms with Gasteiger partial charge in [-0.2, -0.15) is 8.42 Å². The lowest BCUT2D eigenvalue weighted by atomic mass is 10.1. The summed E-state index contributed by atoms with van der Waals surface area (Å²) in [5, 5.41) is 0. The number of hydrogen-bond acceptors (Lipinski definition) is 7. The lowest BCUT2D eigenvalue weighted by Crippen LogP contribution is -2.39. The molecule has 0 spiro atoms. The lowest BCUT2D eigenvalue weighted by molar-refractivity contribution is 0.393. The fourth-order valence-electron chi connectivity index (χ4n) is 3.93. The third-order valence-electron chi connectivity index (χ3n) is 5.44. The van der Waals surface area contributed by atoms with E-state index in [-0.39, 0.29) is 10.9 Å². The van der Waals surface area contributed by atoms with Crippen LogP contribution in [0.15, 0.2) is 46.2 Å². The summed E-state index contributed by atoms with van der Waals surface area (Å²) in [6.07, 6.45) is 4.16. The molecule has 1 atom stereocenters. The highest BCUT2D eigenvalue weighted by Gasteiger charge is 2.35. The quantitative estimate of drug-likeness (QED) is 0.637. The average molecular weight is 397 g/mol. The molecule has 28 heavy (non-hydrogen) atoms. The fourth-order valence-corrected chi connectivity index (χ4v) is 5.17. The number of amidine groups is 1. The SMILES string of the molecule is CN(C1=NS(=O)(=O)c2ccccc21)C1CCN(c2ncnc3c2ncn3C)C1. The number of nitrogens with zero attached hydrogens (tertiary/aromatic N) is 7. The Morgan fingerprint density at radius 2 is 2.00 bits per heavy atom. The summed E-state index contributed by atoms with van der Waals surface area (Å²) in [5.41, 5.74) is 2.24. The van der Waals surface area contributed by atoms with Crippen LogP contribution in [0.3, 0.4) is 0 Å². The third-order valence-corrected chi connectivity index (χ3v) is 6.76. The Bertz CT molecular complexity index is 1220. The molecule has 1 aromatic carbocycles. The van der Waals surface area contributed by atoms with Crippen molar-refractivity contribution < 1.29 is 8.42 Å². The van der Waals surface area contributed by atoms with Crippen LogP contribution in [0.2, 0.25) is 0 Å². The number of benzene rings is 1. The Labute approximate surface area is 162 Å². The smallest absolute Gasteiger partial charge is 0.285 e. The van der Waals surface area contributed by atoms with E-state index >= 15 is 0 Å². The molecule has 0 saturated carbocycles. The van der Waals surface area contributed by atoms with E-state index in [2.05, 4.69) is 24.2 Å². The van der Waals surface area contributed by atoms with Crippen LogP contribution in [0.25, 0.3) is 11.2 Å². The zero-order valence-corrected chi connectivity index (χ0v) is 16.3. The van der Waals surface area contributed by atoms with Crippen LogP contribution in [0.5, 0.6) is 0 Å². The molecule has 1 unspecified atom stereocenters. The highest BCUT2D eigenvalue weighted by atomic mass is 32.2. The van der Waals surface area contributed by atoms with Gasteiger partial charge in [-0.3, -0.25) is 0 Å². The largest absolute Gasteiger partial charge is 0.354 e. The highest BCUT2D eigenvalue weighted by Crippen LogP contribution is 2.31. The maximum atomic E-state index is 12.4. The summed E-state index contributed by atoms with van der Waals surface area (Å²) in [7, 11) is 0.188. The van der Waals surface area contributed by atoms with Crippen LogP contribution in [-0.4, -0.2) is 64.9 Å². The average Bonchev–Trinajstić information content (AvgIpc) is 3.39. The molecule has 2 aromatic heterocycles. The normalized spacial score (nSPS) is 20.4. The van der Waals surface area contributed by atoms with Gasteiger partial charge in [0.15, 0.2) is 22.8 Å². The van der Waals surface area contributed by atoms with E-state index in [0.717, 1.165) is 29.9 Å². The van der Waals surface area contributed by atoms with Gasteiger partial charge in [-0.15, -0.1) is 4.40 Å². The maximum Gasteiger partial charge on any atom is 0.285 e. The van der Waals surface area contributed by atoms with Gasteiger partial charge in [-0.1, -0.05) is 12.1 Å². The highest BCUT2D eigenvalue weighted by molar-refractivity contribution is 7.90. The molecule has 0 radical (unpaired) electrons. The van der Waals surface area contributed by atoms with Crippen LogP contribution >= 0.6 is 0 Å². The summed E-state index contributed by atoms with van der Waals surface area (Å²) < 4.78 is 30.6. The van der Waals surface area contributed by atoms with Crippen molar-refractivity contribution in [2.24, 2.45) is 11.4 Å². The summed E-state index contributed by atoms with van der Waals surface area (Å²) in [5.74, 6) is 1.32. The van der Waals surface area contributed by atoms with E-state index < -0.39 is 10.0 Å². The van der Waals surface area contributed by atoms with Gasteiger partial charge in [0.1, 0.15) is 11.2 Å². The minimum absolute atomic E-state index is 0.119. The van der Waals surface area contributed by atoms with Crippen molar-refractivity contribution in [1.29, 1.82) is 0 Å². The molecule has 4 heterocycles. The van der Waals surface area contributed by atoms with Gasteiger partial charge >= 0.3 is 0 Å². The summed E-state index contributed by atoms with van der Waals surface area (Å²) >= 11 is 0. The van der Waals surface area contributed by atoms with Crippen LogP contribution in [0.4, 0.5) is 5.82 Å². The van der Waals surface area contributed by atoms with Gasteiger partial charge in [0.05, 0.1) is 6.33 Å². The number of aromatic nitrogens is 4. The van der Waals surface area contributed by atoms with Gasteiger partial charge in [0.25, 0.3) is 10.0 Å². The van der Waals surface area contributed by atoms with Crippen LogP contribution in [0, 0.1) is 0 Å². The molecule has 1 saturated heterocycles. The molecule has 0 bridgehead atoms. The lowest BCUT2D eigenvalue weighted by Gasteiger charge is -2.26. The van der Waals surface area contributed by atoms with Gasteiger partial charge in [-0.05, 0) is 18.6 Å². The molecule has 10 heteroatoms. The van der Waals surface area contributed by atoms with E-state index in [9.17, 15) is 8.42 Å². The number of sulfonamides is 1. The molecule has 0 aliphatic carbocycles. The predicted octanol–water partition coefficient (Wildman–Crippen LogP) is 1.02. The zero-order valence-electron chi connectivity index (χ0n) is 15.5. The van der Waals surface area contributed by atoms with Crippen molar-refractivity contribution in [3.05, 3.63) is 42.5 Å². The first-order valence-corrected chi connectivity index (χ1v) is 10.4. The monoisotopic (exact) mass is 397 g/mol. The Kier molecular flexibility index (Phi) is 3.66. The zero-order chi connectivity index (χ0) is 19.5. The van der Waals surface area contributed by atoms with E-state index in [1.807, 2.05) is 35.7 Å². The van der Waals surface area contributed by atoms with E-state index in [0.29, 0.717) is 17.9 Å². The maximum absolute atomic E-state index is 12.4. The van der Waals surface area contributed by atoms with Gasteiger partial charge < -0.3 is 14.4 Å². The molecular weight excluding hydrogens is 378 g/mol. The first-order chi connectivity index (χ1) is 13.5. The minimum Gasteiger partial charge on any atom is -0.354 e. The summed E-state index contributed by atoms with van der Waals surface area (Å²) in [4.78, 5) is 17.6. The second kappa shape index (κ2) is 5.99. The van der Waals surface area contributed by atoms with Crippen LogP contribution < -0.4 is 4.90 Å². The summed E-state index contributed by atoms with van der Waals surface area (Å²) in [6.45, 7) is 1.51. The second-order valence-corrected chi connectivity index (χ2v) is 8.68. The standard InChI is InChI=1S/C18H19N7O2S/c1-23-11-21-15-17(23)19-10-20-18(15)25-8-7-12(9-25)24(2)16-13-5-3-4-6-14(13)28(26,27)22-16/h3-6,10-12H,7-9H2,1-2H3. The topological polar surface area (TPSA) is 96.6 Å². The number of aryl methyl sites for hydroxylation is 1. The number of anilines is 1. The van der Waals surface area contributed by atoms with Gasteiger partial charge in [0, 0.05) is 38.8 Å². The number of likely N-dealkylation sites (N-methyl/N-ethyl adjacent to an activating group) is 1. The predicted molar refractivity (Wildman–Crippen MR) is 105 cm³/mol. The van der Waals surface area contributed by atoms with Crippen molar-refractivity contribution in [3.8, 4) is 0 Å². The number of fused-ring (bicyclic) bond motifs is 2. The van der Waals surface area contributed by atoms with E-state index in [4.69, 9.17) is 0 Å². The molecular formula is C18H19N7O2S. The number of rotatable bonds is 2. The molecule has 3 aromatic rings. The first-order valence-electron chi connectivity index (χ1n) is 9.00. The molecule has 1 fully saturated rings. The molecule has 144 valence electrons. The van der Waals surface area contributed by atoms with Crippen LogP contribution in [0.1, 0.15) is 12.0 Å². The third kappa shape index (κ3) is 2.48. The number of hydrogen-bond donors (Lipinski definition) is 0. The van der Waals surface area contributed by atoms with Gasteiger partial charge in [0.2, 0.25) is 0 Å². The Hall–Kier alpha value is -3.01. The molecule has 2 aliphatic heterocycles. The van der Waals surface area contributed by atoms with Crippen molar-refractivity contribution >= 4 is 32.8 Å². The molecule has 0 N–H and O–H groups in total. The Morgan fingerprint density at radius 1 is 1.18 bits per heavy atom. The van der Waals surface area contributed by atoms with Gasteiger partial charge in [-0.25, -0.2) is 15.0 Å². The summed E-state index contributed by atoms with van der Waals surface area (Å²) in [6, 6.07) is 7.09. The Balaban J connectivity index is 1.44. The van der Waals surface area contributed by atoms with Crippen LogP contribution in [-0.2, 0) is 17.1 Å². The van der Waals surface area contributed by atoms with Crippen molar-refractivity contribution in [2.45, 2.75) is 17.4 Å². The van der Waals surface area contributed by atoms with Crippen molar-refractivity contribution in [2.75, 3.05) is 25.0 Å². The molecule has 0 amide bonds. The van der Waals surface area contributed by atoms with E-state index in [1.165, 1.54) is 0 Å². The molecule has 9 nitrogen and oxygen atoms in total. The molecule has 5 rings (SSSR count). The van der Waals surface area contributed by atoms with Crippen molar-refractivity contribution in [1.82, 2.24) is 24.4 Å².